The Morgan fingerprint density at radius 2 is 0.700 bits per heavy atom. The van der Waals surface area contributed by atoms with Crippen molar-refractivity contribution in [2.45, 2.75) is 0 Å². The van der Waals surface area contributed by atoms with Gasteiger partial charge in [0, 0.05) is 16.7 Å². The van der Waals surface area contributed by atoms with Crippen LogP contribution >= 0.6 is 0 Å². The van der Waals surface area contributed by atoms with E-state index in [1.807, 2.05) is 42.5 Å². The van der Waals surface area contributed by atoms with E-state index in [9.17, 15) is 0 Å². The monoisotopic (exact) mass is 888 g/mol. The van der Waals surface area contributed by atoms with Gasteiger partial charge in [-0.25, -0.2) is 19.8 Å². The summed E-state index contributed by atoms with van der Waals surface area (Å²) in [5.74, 6) is 1.78. The van der Waals surface area contributed by atoms with E-state index < -0.39 is 0 Å². The fourth-order valence-electron chi connectivity index (χ4n) is 10.3. The van der Waals surface area contributed by atoms with Crippen molar-refractivity contribution in [3.8, 4) is 112 Å². The van der Waals surface area contributed by atoms with E-state index in [-0.39, 0.29) is 0 Å². The van der Waals surface area contributed by atoms with Gasteiger partial charge in [-0.1, -0.05) is 218 Å². The molecule has 0 amide bonds. The third kappa shape index (κ3) is 7.13. The van der Waals surface area contributed by atoms with Crippen molar-refractivity contribution in [1.29, 1.82) is 0 Å². The zero-order chi connectivity index (χ0) is 46.5. The Kier molecular flexibility index (Phi) is 9.85. The molecule has 0 unspecified atom stereocenters. The highest BCUT2D eigenvalue weighted by atomic mass is 15.0. The molecule has 12 aromatic rings. The molecule has 1 aliphatic rings. The average molecular weight is 889 g/mol. The zero-order valence-electron chi connectivity index (χ0n) is 37.9. The van der Waals surface area contributed by atoms with Crippen molar-refractivity contribution in [3.05, 3.63) is 254 Å². The van der Waals surface area contributed by atoms with Crippen molar-refractivity contribution < 1.29 is 0 Å². The highest BCUT2D eigenvalue weighted by Gasteiger charge is 2.23. The van der Waals surface area contributed by atoms with Crippen LogP contribution in [0.25, 0.3) is 138 Å². The molecule has 4 heteroatoms. The van der Waals surface area contributed by atoms with Crippen molar-refractivity contribution >= 4 is 27.2 Å². The first kappa shape index (κ1) is 40.7. The summed E-state index contributed by atoms with van der Waals surface area (Å²) < 4.78 is 0. The van der Waals surface area contributed by atoms with Gasteiger partial charge in [0.25, 0.3) is 0 Å². The van der Waals surface area contributed by atoms with E-state index in [0.717, 1.165) is 72.3 Å². The van der Waals surface area contributed by atoms with Crippen LogP contribution in [-0.4, -0.2) is 15.0 Å². The molecule has 1 heterocycles. The molecule has 0 fully saturated rings. The minimum Gasteiger partial charge on any atom is -0.238 e. The Bertz CT molecular complexity index is 4080. The molecular formula is C66H40N4. The lowest BCUT2D eigenvalue weighted by Gasteiger charge is -2.16. The Labute approximate surface area is 406 Å². The lowest BCUT2D eigenvalue weighted by molar-refractivity contribution is 1.07. The first-order valence-corrected chi connectivity index (χ1v) is 23.5. The third-order valence-corrected chi connectivity index (χ3v) is 13.7. The van der Waals surface area contributed by atoms with E-state index in [2.05, 4.69) is 205 Å². The second kappa shape index (κ2) is 16.9. The summed E-state index contributed by atoms with van der Waals surface area (Å²) in [5.41, 5.74) is 18.8. The lowest BCUT2D eigenvalue weighted by atomic mass is 9.89. The van der Waals surface area contributed by atoms with Gasteiger partial charge < -0.3 is 0 Å². The number of nitrogens with zero attached hydrogens (tertiary/aromatic N) is 4. The van der Waals surface area contributed by atoms with Gasteiger partial charge in [0.1, 0.15) is 0 Å². The van der Waals surface area contributed by atoms with Gasteiger partial charge in [-0.2, -0.15) is 0 Å². The minimum absolute atomic E-state index is 0.582. The largest absolute Gasteiger partial charge is 0.238 e. The highest BCUT2D eigenvalue weighted by molar-refractivity contribution is 6.15. The summed E-state index contributed by atoms with van der Waals surface area (Å²) in [6, 6.07) is 85.2. The molecule has 4 nitrogen and oxygen atoms in total. The third-order valence-electron chi connectivity index (χ3n) is 13.7. The first-order chi connectivity index (χ1) is 34.6. The summed E-state index contributed by atoms with van der Waals surface area (Å²) >= 11 is 0. The summed E-state index contributed by atoms with van der Waals surface area (Å²) in [5, 5.41) is 4.99. The fraction of sp³-hybridized carbons (Fsp3) is 0. The Balaban J connectivity index is 0.893. The number of benzene rings is 11. The Morgan fingerprint density at radius 3 is 1.47 bits per heavy atom. The van der Waals surface area contributed by atoms with Gasteiger partial charge in [-0.3, -0.25) is 0 Å². The van der Waals surface area contributed by atoms with E-state index in [1.54, 1.807) is 0 Å². The highest BCUT2D eigenvalue weighted by Crippen LogP contribution is 2.49. The molecule has 13 rings (SSSR count). The second-order valence-electron chi connectivity index (χ2n) is 17.8. The minimum atomic E-state index is 0.582. The smallest absolute Gasteiger partial charge is 0.194 e. The number of rotatable bonds is 8. The molecule has 324 valence electrons. The maximum absolute atomic E-state index is 8.28. The second-order valence-corrected chi connectivity index (χ2v) is 17.8. The summed E-state index contributed by atoms with van der Waals surface area (Å²) in [4.78, 5) is 19.6. The molecule has 0 N–H and O–H groups in total. The molecule has 1 aromatic heterocycles. The van der Waals surface area contributed by atoms with E-state index >= 15 is 0 Å². The molecule has 0 bridgehead atoms. The predicted octanol–water partition coefficient (Wildman–Crippen LogP) is 17.7. The molecule has 0 aliphatic heterocycles. The number of aromatic nitrogens is 3. The maximum atomic E-state index is 8.28. The van der Waals surface area contributed by atoms with Crippen LogP contribution in [0, 0.1) is 6.57 Å². The molecule has 0 atom stereocenters. The van der Waals surface area contributed by atoms with Crippen molar-refractivity contribution in [2.75, 3.05) is 0 Å². The van der Waals surface area contributed by atoms with Gasteiger partial charge in [0.2, 0.25) is 0 Å². The van der Waals surface area contributed by atoms with Crippen LogP contribution in [0.2, 0.25) is 0 Å². The van der Waals surface area contributed by atoms with E-state index in [1.165, 1.54) is 43.8 Å². The van der Waals surface area contributed by atoms with Gasteiger partial charge in [-0.05, 0) is 124 Å². The molecular weight excluding hydrogens is 849 g/mol. The fourth-order valence-corrected chi connectivity index (χ4v) is 10.3. The van der Waals surface area contributed by atoms with E-state index in [4.69, 9.17) is 21.5 Å². The quantitative estimate of drug-likeness (QED) is 0.143. The SMILES string of the molecule is [C-]#[N+]c1ccc(-c2ccccc2-c2ccccc2-c2nc(-c3ccccc3)nc(-c3cccc(-c4ccc5ccccc5c4)c3)n2)cc1-c1cccc(-c2ccc3c(c2)-c2cccc4cccc-3c24)c1. The predicted molar refractivity (Wildman–Crippen MR) is 289 cm³/mol. The molecule has 0 saturated heterocycles. The molecule has 11 aromatic carbocycles. The molecule has 0 radical (unpaired) electrons. The van der Waals surface area contributed by atoms with Crippen LogP contribution in [0.4, 0.5) is 5.69 Å². The van der Waals surface area contributed by atoms with Gasteiger partial charge in [-0.15, -0.1) is 0 Å². The summed E-state index contributed by atoms with van der Waals surface area (Å²) in [7, 11) is 0. The normalized spacial score (nSPS) is 11.4. The van der Waals surface area contributed by atoms with Crippen molar-refractivity contribution in [3.63, 3.8) is 0 Å². The Morgan fingerprint density at radius 1 is 0.243 bits per heavy atom. The van der Waals surface area contributed by atoms with Crippen LogP contribution in [0.5, 0.6) is 0 Å². The zero-order valence-corrected chi connectivity index (χ0v) is 37.9. The molecule has 1 aliphatic carbocycles. The van der Waals surface area contributed by atoms with Crippen molar-refractivity contribution in [1.82, 2.24) is 15.0 Å². The number of hydrogen-bond acceptors (Lipinski definition) is 3. The van der Waals surface area contributed by atoms with Gasteiger partial charge >= 0.3 is 0 Å². The lowest BCUT2D eigenvalue weighted by Crippen LogP contribution is -2.01. The summed E-state index contributed by atoms with van der Waals surface area (Å²) in [6.07, 6.45) is 0. The van der Waals surface area contributed by atoms with Gasteiger partial charge in [0.15, 0.2) is 23.2 Å². The van der Waals surface area contributed by atoms with Crippen LogP contribution in [0.15, 0.2) is 243 Å². The van der Waals surface area contributed by atoms with Crippen molar-refractivity contribution in [2.24, 2.45) is 0 Å². The van der Waals surface area contributed by atoms with Crippen LogP contribution in [0.1, 0.15) is 0 Å². The van der Waals surface area contributed by atoms with Crippen LogP contribution < -0.4 is 0 Å². The van der Waals surface area contributed by atoms with Crippen LogP contribution in [-0.2, 0) is 0 Å². The molecule has 70 heavy (non-hydrogen) atoms. The topological polar surface area (TPSA) is 43.0 Å². The maximum Gasteiger partial charge on any atom is 0.194 e. The van der Waals surface area contributed by atoms with Crippen LogP contribution in [0.3, 0.4) is 0 Å². The average Bonchev–Trinajstić information content (AvgIpc) is 3.76. The molecule has 0 saturated carbocycles. The number of hydrogen-bond donors (Lipinski definition) is 0. The van der Waals surface area contributed by atoms with E-state index in [0.29, 0.717) is 23.2 Å². The number of fused-ring (bicyclic) bond motifs is 4. The first-order valence-electron chi connectivity index (χ1n) is 23.5. The molecule has 0 spiro atoms. The summed E-state index contributed by atoms with van der Waals surface area (Å²) in [6.45, 7) is 8.28. The standard InChI is InChI=1S/C66H40N4/c1-67-62-36-34-51(41-60(62)50-23-11-21-46(38-50)49-33-35-56-57-29-13-19-43-20-14-30-58(63(43)57)61(56)40-49)53-25-7-8-26-54(53)55-27-9-10-28-59(55)66-69-64(44-16-3-2-4-17-44)68-65(70-66)52-24-12-22-47(39-52)48-32-31-42-15-5-6-18-45(42)37-48/h2-41H. The van der Waals surface area contributed by atoms with Gasteiger partial charge in [0.05, 0.1) is 6.57 Å². The Hall–Kier alpha value is -9.56.